The second-order valence-corrected chi connectivity index (χ2v) is 8.93. The van der Waals surface area contributed by atoms with E-state index < -0.39 is 5.41 Å². The molecule has 1 aliphatic carbocycles. The molecule has 2 heterocycles. The molecule has 1 saturated carbocycles. The summed E-state index contributed by atoms with van der Waals surface area (Å²) in [6.45, 7) is 7.11. The number of carbonyl (C=O) groups is 2. The number of likely N-dealkylation sites (tertiary alicyclic amines) is 1. The lowest BCUT2D eigenvalue weighted by Crippen LogP contribution is -2.49. The summed E-state index contributed by atoms with van der Waals surface area (Å²) in [5.74, 6) is -0.0779. The third-order valence-corrected chi connectivity index (χ3v) is 6.95. The Morgan fingerprint density at radius 1 is 1.03 bits per heavy atom. The third kappa shape index (κ3) is 4.13. The predicted molar refractivity (Wildman–Crippen MR) is 116 cm³/mol. The number of benzene rings is 1. The highest BCUT2D eigenvalue weighted by Crippen LogP contribution is 2.49. The van der Waals surface area contributed by atoms with E-state index in [2.05, 4.69) is 41.2 Å². The molecule has 6 heteroatoms. The molecule has 1 atom stereocenters. The van der Waals surface area contributed by atoms with Crippen LogP contribution in [0.4, 0.5) is 11.4 Å². The molecule has 158 valence electrons. The molecule has 0 radical (unpaired) electrons. The van der Waals surface area contributed by atoms with Crippen LogP contribution in [0.1, 0.15) is 45.4 Å². The molecule has 0 aromatic heterocycles. The minimum absolute atomic E-state index is 0.0515. The summed E-state index contributed by atoms with van der Waals surface area (Å²) in [6.07, 6.45) is 5.60. The minimum Gasteiger partial charge on any atom is -0.369 e. The van der Waals surface area contributed by atoms with Gasteiger partial charge in [0.15, 0.2) is 0 Å². The zero-order chi connectivity index (χ0) is 20.4. The van der Waals surface area contributed by atoms with Gasteiger partial charge in [-0.2, -0.15) is 0 Å². The first-order valence-corrected chi connectivity index (χ1v) is 11.2. The highest BCUT2D eigenvalue weighted by molar-refractivity contribution is 6.13. The van der Waals surface area contributed by atoms with Crippen molar-refractivity contribution < 1.29 is 9.59 Å². The monoisotopic (exact) mass is 398 g/mol. The molecule has 3 fully saturated rings. The SMILES string of the molecule is CCC1CCCCN1C(=O)C1(C(=O)Nc2ccc(N3CCN(C)CC3)cc2)CC1. The molecule has 1 aromatic carbocycles. The lowest BCUT2D eigenvalue weighted by molar-refractivity contribution is -0.145. The van der Waals surface area contributed by atoms with Gasteiger partial charge in [-0.3, -0.25) is 9.59 Å². The van der Waals surface area contributed by atoms with E-state index in [0.29, 0.717) is 18.9 Å². The van der Waals surface area contributed by atoms with Crippen LogP contribution in [0.15, 0.2) is 24.3 Å². The molecule has 4 rings (SSSR count). The van der Waals surface area contributed by atoms with Crippen molar-refractivity contribution in [3.63, 3.8) is 0 Å². The summed E-state index contributed by atoms with van der Waals surface area (Å²) in [6, 6.07) is 8.36. The normalized spacial score (nSPS) is 24.3. The van der Waals surface area contributed by atoms with Gasteiger partial charge in [0.05, 0.1) is 0 Å². The second kappa shape index (κ2) is 8.34. The van der Waals surface area contributed by atoms with Gasteiger partial charge >= 0.3 is 0 Å². The number of carbonyl (C=O) groups excluding carboxylic acids is 2. The molecule has 2 saturated heterocycles. The number of hydrogen-bond acceptors (Lipinski definition) is 4. The maximum absolute atomic E-state index is 13.2. The zero-order valence-corrected chi connectivity index (χ0v) is 17.8. The quantitative estimate of drug-likeness (QED) is 0.775. The minimum atomic E-state index is -0.832. The number of piperazine rings is 1. The number of likely N-dealkylation sites (N-methyl/N-ethyl adjacent to an activating group) is 1. The van der Waals surface area contributed by atoms with Crippen LogP contribution in [-0.4, -0.2) is 67.4 Å². The predicted octanol–water partition coefficient (Wildman–Crippen LogP) is 2.95. The summed E-state index contributed by atoms with van der Waals surface area (Å²) in [4.78, 5) is 33.0. The van der Waals surface area contributed by atoms with E-state index in [1.165, 1.54) is 12.1 Å². The first kappa shape index (κ1) is 20.2. The maximum atomic E-state index is 13.2. The first-order valence-electron chi connectivity index (χ1n) is 11.2. The van der Waals surface area contributed by atoms with Crippen LogP contribution in [0.2, 0.25) is 0 Å². The smallest absolute Gasteiger partial charge is 0.240 e. The van der Waals surface area contributed by atoms with E-state index in [9.17, 15) is 9.59 Å². The highest BCUT2D eigenvalue weighted by Gasteiger charge is 2.58. The Balaban J connectivity index is 1.39. The van der Waals surface area contributed by atoms with Crippen molar-refractivity contribution in [2.75, 3.05) is 50.0 Å². The summed E-state index contributed by atoms with van der Waals surface area (Å²) in [5, 5.41) is 3.02. The molecular weight excluding hydrogens is 364 g/mol. The highest BCUT2D eigenvalue weighted by atomic mass is 16.2. The van der Waals surface area contributed by atoms with Crippen molar-refractivity contribution in [3.05, 3.63) is 24.3 Å². The topological polar surface area (TPSA) is 55.9 Å². The van der Waals surface area contributed by atoms with Crippen LogP contribution in [0, 0.1) is 5.41 Å². The Morgan fingerprint density at radius 2 is 1.72 bits per heavy atom. The van der Waals surface area contributed by atoms with Crippen LogP contribution in [0.3, 0.4) is 0 Å². The number of nitrogens with zero attached hydrogens (tertiary/aromatic N) is 3. The van der Waals surface area contributed by atoms with Crippen molar-refractivity contribution in [1.82, 2.24) is 9.80 Å². The number of anilines is 2. The van der Waals surface area contributed by atoms with E-state index in [1.54, 1.807) is 0 Å². The molecule has 1 aromatic rings. The lowest BCUT2D eigenvalue weighted by atomic mass is 9.95. The maximum Gasteiger partial charge on any atom is 0.240 e. The fraction of sp³-hybridized carbons (Fsp3) is 0.652. The summed E-state index contributed by atoms with van der Waals surface area (Å²) < 4.78 is 0. The average molecular weight is 399 g/mol. The van der Waals surface area contributed by atoms with Gasteiger partial charge < -0.3 is 20.0 Å². The Hall–Kier alpha value is -2.08. The standard InChI is InChI=1S/C23H34N4O2/c1-3-19-6-4-5-13-27(19)22(29)23(11-12-23)21(28)24-18-7-9-20(10-8-18)26-16-14-25(2)15-17-26/h7-10,19H,3-6,11-17H2,1-2H3,(H,24,28). The summed E-state index contributed by atoms with van der Waals surface area (Å²) in [7, 11) is 2.15. The van der Waals surface area contributed by atoms with E-state index in [-0.39, 0.29) is 11.8 Å². The van der Waals surface area contributed by atoms with Gasteiger partial charge in [0.2, 0.25) is 11.8 Å². The first-order chi connectivity index (χ1) is 14.0. The number of nitrogens with one attached hydrogen (secondary N) is 1. The Labute approximate surface area is 174 Å². The molecule has 0 spiro atoms. The molecular formula is C23H34N4O2. The fourth-order valence-corrected chi connectivity index (χ4v) is 4.70. The van der Waals surface area contributed by atoms with E-state index in [4.69, 9.17) is 0 Å². The van der Waals surface area contributed by atoms with Crippen molar-refractivity contribution in [1.29, 1.82) is 0 Å². The molecule has 29 heavy (non-hydrogen) atoms. The van der Waals surface area contributed by atoms with Gasteiger partial charge in [-0.05, 0) is 69.8 Å². The Morgan fingerprint density at radius 3 is 2.34 bits per heavy atom. The van der Waals surface area contributed by atoms with Gasteiger partial charge in [0.25, 0.3) is 0 Å². The molecule has 2 aliphatic heterocycles. The van der Waals surface area contributed by atoms with Gasteiger partial charge in [-0.1, -0.05) is 6.92 Å². The van der Waals surface area contributed by atoms with Crippen LogP contribution >= 0.6 is 0 Å². The van der Waals surface area contributed by atoms with Gasteiger partial charge in [0, 0.05) is 50.1 Å². The van der Waals surface area contributed by atoms with E-state index in [0.717, 1.165) is 57.7 Å². The molecule has 6 nitrogen and oxygen atoms in total. The van der Waals surface area contributed by atoms with Crippen molar-refractivity contribution in [3.8, 4) is 0 Å². The second-order valence-electron chi connectivity index (χ2n) is 8.93. The number of amides is 2. The summed E-state index contributed by atoms with van der Waals surface area (Å²) in [5.41, 5.74) is 1.13. The molecule has 1 unspecified atom stereocenters. The van der Waals surface area contributed by atoms with Gasteiger partial charge in [0.1, 0.15) is 5.41 Å². The van der Waals surface area contributed by atoms with Crippen LogP contribution < -0.4 is 10.2 Å². The fourth-order valence-electron chi connectivity index (χ4n) is 4.70. The van der Waals surface area contributed by atoms with Crippen molar-refractivity contribution in [2.24, 2.45) is 5.41 Å². The van der Waals surface area contributed by atoms with Crippen LogP contribution in [0.25, 0.3) is 0 Å². The van der Waals surface area contributed by atoms with Gasteiger partial charge in [-0.25, -0.2) is 0 Å². The number of rotatable bonds is 5. The van der Waals surface area contributed by atoms with Crippen LogP contribution in [0.5, 0.6) is 0 Å². The van der Waals surface area contributed by atoms with E-state index >= 15 is 0 Å². The molecule has 1 N–H and O–H groups in total. The van der Waals surface area contributed by atoms with Gasteiger partial charge in [-0.15, -0.1) is 0 Å². The third-order valence-electron chi connectivity index (χ3n) is 6.95. The largest absolute Gasteiger partial charge is 0.369 e. The zero-order valence-electron chi connectivity index (χ0n) is 17.8. The molecule has 3 aliphatic rings. The Kier molecular flexibility index (Phi) is 5.81. The number of piperidine rings is 1. The number of hydrogen-bond donors (Lipinski definition) is 1. The lowest BCUT2D eigenvalue weighted by Gasteiger charge is -2.37. The Bertz CT molecular complexity index is 736. The molecule has 2 amide bonds. The van der Waals surface area contributed by atoms with Crippen LogP contribution in [-0.2, 0) is 9.59 Å². The summed E-state index contributed by atoms with van der Waals surface area (Å²) >= 11 is 0. The molecule has 0 bridgehead atoms. The van der Waals surface area contributed by atoms with E-state index in [1.807, 2.05) is 17.0 Å². The van der Waals surface area contributed by atoms with Crippen molar-refractivity contribution in [2.45, 2.75) is 51.5 Å². The van der Waals surface area contributed by atoms with Crippen molar-refractivity contribution >= 4 is 23.2 Å². The average Bonchev–Trinajstić information content (AvgIpc) is 3.56.